The lowest BCUT2D eigenvalue weighted by molar-refractivity contribution is -0.153. The summed E-state index contributed by atoms with van der Waals surface area (Å²) in [6.45, 7) is 1.88. The Balaban J connectivity index is 1.49. The predicted molar refractivity (Wildman–Crippen MR) is 81.6 cm³/mol. The average Bonchev–Trinajstić information content (AvgIpc) is 3.11. The maximum Gasteiger partial charge on any atom is 0.254 e. The molecule has 0 bridgehead atoms. The van der Waals surface area contributed by atoms with E-state index < -0.39 is 5.60 Å². The summed E-state index contributed by atoms with van der Waals surface area (Å²) in [6.07, 6.45) is 5.28. The molecule has 1 amide bonds. The first-order valence-electron chi connectivity index (χ1n) is 8.62. The van der Waals surface area contributed by atoms with E-state index in [-0.39, 0.29) is 11.9 Å². The molecule has 7 heteroatoms. The van der Waals surface area contributed by atoms with E-state index >= 15 is 0 Å². The minimum atomic E-state index is -1.16. The molecule has 3 fully saturated rings. The molecule has 1 aliphatic heterocycles. The number of amides is 1. The Labute approximate surface area is 135 Å². The number of piperazine rings is 1. The highest BCUT2D eigenvalue weighted by molar-refractivity contribution is 5.85. The van der Waals surface area contributed by atoms with Gasteiger partial charge in [-0.05, 0) is 45.6 Å². The number of nitrogens with zero attached hydrogens (tertiary/aromatic N) is 4. The van der Waals surface area contributed by atoms with Gasteiger partial charge in [-0.15, -0.1) is 0 Å². The molecular weight excluding hydrogens is 296 g/mol. The summed E-state index contributed by atoms with van der Waals surface area (Å²) in [5.74, 6) is 1.71. The first kappa shape index (κ1) is 15.1. The van der Waals surface area contributed by atoms with Gasteiger partial charge < -0.3 is 14.5 Å². The summed E-state index contributed by atoms with van der Waals surface area (Å²) in [5.41, 5.74) is -1.16. The zero-order valence-electron chi connectivity index (χ0n) is 13.6. The second-order valence-corrected chi connectivity index (χ2v) is 7.25. The van der Waals surface area contributed by atoms with Crippen LogP contribution in [0, 0.1) is 0 Å². The van der Waals surface area contributed by atoms with Crippen LogP contribution in [-0.4, -0.2) is 63.2 Å². The van der Waals surface area contributed by atoms with E-state index in [1.807, 2.05) is 7.05 Å². The number of carbonyl (C=O) groups is 1. The fourth-order valence-corrected chi connectivity index (χ4v) is 3.68. The maximum absolute atomic E-state index is 12.7. The lowest BCUT2D eigenvalue weighted by atomic mass is 9.99. The van der Waals surface area contributed by atoms with E-state index in [2.05, 4.69) is 15.0 Å². The molecule has 7 nitrogen and oxygen atoms in total. The van der Waals surface area contributed by atoms with E-state index in [4.69, 9.17) is 4.52 Å². The van der Waals surface area contributed by atoms with Gasteiger partial charge in [0.1, 0.15) is 11.6 Å². The van der Waals surface area contributed by atoms with E-state index in [1.54, 1.807) is 4.90 Å². The number of aliphatic hydroxyl groups is 1. The Morgan fingerprint density at radius 3 is 2.74 bits per heavy atom. The molecule has 1 aromatic rings. The Bertz CT molecular complexity index is 592. The molecule has 0 spiro atoms. The molecule has 2 saturated carbocycles. The summed E-state index contributed by atoms with van der Waals surface area (Å²) >= 11 is 0. The van der Waals surface area contributed by atoms with Gasteiger partial charge in [0.2, 0.25) is 5.89 Å². The van der Waals surface area contributed by atoms with Crippen LogP contribution in [0.5, 0.6) is 0 Å². The standard InChI is InChI=1S/C16H24N4O3/c1-19-8-9-20(15(21)16(22)6-2-3-7-16)10-12(19)14-17-13(18-23-14)11-4-5-11/h11-12,22H,2-10H2,1H3/t12-/m1/s1. The number of aromatic nitrogens is 2. The van der Waals surface area contributed by atoms with Crippen molar-refractivity contribution in [1.29, 1.82) is 0 Å². The maximum atomic E-state index is 12.7. The van der Waals surface area contributed by atoms with Gasteiger partial charge in [-0.2, -0.15) is 4.98 Å². The molecule has 1 atom stereocenters. The molecule has 0 aromatic carbocycles. The minimum absolute atomic E-state index is 0.0855. The quantitative estimate of drug-likeness (QED) is 0.897. The lowest BCUT2D eigenvalue weighted by Gasteiger charge is -2.40. The van der Waals surface area contributed by atoms with E-state index in [9.17, 15) is 9.90 Å². The van der Waals surface area contributed by atoms with Crippen LogP contribution in [0.3, 0.4) is 0 Å². The highest BCUT2D eigenvalue weighted by Crippen LogP contribution is 2.39. The Morgan fingerprint density at radius 1 is 1.30 bits per heavy atom. The zero-order valence-corrected chi connectivity index (χ0v) is 13.6. The summed E-state index contributed by atoms with van der Waals surface area (Å²) in [7, 11) is 2.01. The molecule has 1 saturated heterocycles. The van der Waals surface area contributed by atoms with Crippen molar-refractivity contribution in [3.05, 3.63) is 11.7 Å². The molecule has 1 N–H and O–H groups in total. The highest BCUT2D eigenvalue weighted by atomic mass is 16.5. The normalized spacial score (nSPS) is 28.3. The topological polar surface area (TPSA) is 82.7 Å². The van der Waals surface area contributed by atoms with Gasteiger partial charge in [-0.25, -0.2) is 0 Å². The third-order valence-electron chi connectivity index (χ3n) is 5.45. The first-order chi connectivity index (χ1) is 11.1. The number of carbonyl (C=O) groups excluding carboxylic acids is 1. The van der Waals surface area contributed by atoms with E-state index in [1.165, 1.54) is 0 Å². The molecule has 4 rings (SSSR count). The van der Waals surface area contributed by atoms with Crippen molar-refractivity contribution in [2.75, 3.05) is 26.7 Å². The fraction of sp³-hybridized carbons (Fsp3) is 0.812. The van der Waals surface area contributed by atoms with Gasteiger partial charge in [0, 0.05) is 25.6 Å². The molecule has 1 aromatic heterocycles. The molecular formula is C16H24N4O3. The van der Waals surface area contributed by atoms with E-state index in [0.29, 0.717) is 37.7 Å². The Kier molecular flexibility index (Phi) is 3.65. The molecule has 126 valence electrons. The molecule has 2 heterocycles. The Morgan fingerprint density at radius 2 is 2.04 bits per heavy atom. The zero-order chi connectivity index (χ0) is 16.0. The molecule has 0 unspecified atom stereocenters. The van der Waals surface area contributed by atoms with Crippen LogP contribution < -0.4 is 0 Å². The predicted octanol–water partition coefficient (Wildman–Crippen LogP) is 1.07. The molecule has 3 aliphatic rings. The highest BCUT2D eigenvalue weighted by Gasteiger charge is 2.44. The minimum Gasteiger partial charge on any atom is -0.380 e. The van der Waals surface area contributed by atoms with Gasteiger partial charge in [0.05, 0.1) is 0 Å². The van der Waals surface area contributed by atoms with E-state index in [0.717, 1.165) is 38.1 Å². The van der Waals surface area contributed by atoms with Crippen molar-refractivity contribution < 1.29 is 14.4 Å². The van der Waals surface area contributed by atoms with Crippen molar-refractivity contribution in [1.82, 2.24) is 19.9 Å². The van der Waals surface area contributed by atoms with Crippen molar-refractivity contribution >= 4 is 5.91 Å². The van der Waals surface area contributed by atoms with Crippen LogP contribution in [0.2, 0.25) is 0 Å². The van der Waals surface area contributed by atoms with Crippen LogP contribution in [-0.2, 0) is 4.79 Å². The van der Waals surface area contributed by atoms with Crippen LogP contribution >= 0.6 is 0 Å². The van der Waals surface area contributed by atoms with Gasteiger partial charge in [0.15, 0.2) is 5.82 Å². The summed E-state index contributed by atoms with van der Waals surface area (Å²) in [6, 6.07) is -0.0855. The van der Waals surface area contributed by atoms with Gasteiger partial charge in [0.25, 0.3) is 5.91 Å². The molecule has 2 aliphatic carbocycles. The van der Waals surface area contributed by atoms with Gasteiger partial charge in [-0.3, -0.25) is 9.69 Å². The first-order valence-corrected chi connectivity index (χ1v) is 8.62. The van der Waals surface area contributed by atoms with Crippen molar-refractivity contribution in [2.45, 2.75) is 56.1 Å². The molecule has 23 heavy (non-hydrogen) atoms. The Hall–Kier alpha value is -1.47. The number of likely N-dealkylation sites (N-methyl/N-ethyl adjacent to an activating group) is 1. The largest absolute Gasteiger partial charge is 0.380 e. The second-order valence-electron chi connectivity index (χ2n) is 7.25. The molecule has 0 radical (unpaired) electrons. The summed E-state index contributed by atoms with van der Waals surface area (Å²) in [5, 5.41) is 14.6. The second kappa shape index (κ2) is 5.56. The number of hydrogen-bond donors (Lipinski definition) is 1. The van der Waals surface area contributed by atoms with Crippen LogP contribution in [0.25, 0.3) is 0 Å². The smallest absolute Gasteiger partial charge is 0.254 e. The SMILES string of the molecule is CN1CCN(C(=O)C2(O)CCCC2)C[C@@H]1c1nc(C2CC2)no1. The number of rotatable bonds is 3. The third-order valence-corrected chi connectivity index (χ3v) is 5.45. The van der Waals surface area contributed by atoms with Gasteiger partial charge >= 0.3 is 0 Å². The fourth-order valence-electron chi connectivity index (χ4n) is 3.68. The van der Waals surface area contributed by atoms with Crippen molar-refractivity contribution in [3.63, 3.8) is 0 Å². The van der Waals surface area contributed by atoms with Crippen molar-refractivity contribution in [3.8, 4) is 0 Å². The summed E-state index contributed by atoms with van der Waals surface area (Å²) < 4.78 is 5.45. The average molecular weight is 320 g/mol. The monoisotopic (exact) mass is 320 g/mol. The van der Waals surface area contributed by atoms with Crippen LogP contribution in [0.1, 0.15) is 62.2 Å². The lowest BCUT2D eigenvalue weighted by Crippen LogP contribution is -2.55. The van der Waals surface area contributed by atoms with Crippen LogP contribution in [0.15, 0.2) is 4.52 Å². The van der Waals surface area contributed by atoms with Crippen molar-refractivity contribution in [2.24, 2.45) is 0 Å². The van der Waals surface area contributed by atoms with Gasteiger partial charge in [-0.1, -0.05) is 5.16 Å². The summed E-state index contributed by atoms with van der Waals surface area (Å²) in [4.78, 5) is 21.2. The van der Waals surface area contributed by atoms with Crippen LogP contribution in [0.4, 0.5) is 0 Å². The number of hydrogen-bond acceptors (Lipinski definition) is 6. The third kappa shape index (κ3) is 2.76.